The van der Waals surface area contributed by atoms with Crippen molar-refractivity contribution in [3.63, 3.8) is 0 Å². The molecule has 0 unspecified atom stereocenters. The van der Waals surface area contributed by atoms with Gasteiger partial charge in [-0.25, -0.2) is 9.97 Å². The van der Waals surface area contributed by atoms with E-state index in [9.17, 15) is 0 Å². The molecule has 0 fully saturated rings. The van der Waals surface area contributed by atoms with Gasteiger partial charge in [-0.15, -0.1) is 11.3 Å². The number of rotatable bonds is 6. The molecule has 3 heteroatoms. The highest BCUT2D eigenvalue weighted by molar-refractivity contribution is 7.25. The Balaban J connectivity index is 0.918. The van der Waals surface area contributed by atoms with Gasteiger partial charge in [-0.2, -0.15) is 0 Å². The first-order valence-electron chi connectivity index (χ1n) is 20.7. The molecule has 0 bridgehead atoms. The molecular formula is C58H36N2S. The third kappa shape index (κ3) is 6.18. The smallest absolute Gasteiger partial charge is 0.160 e. The maximum Gasteiger partial charge on any atom is 0.160 e. The van der Waals surface area contributed by atoms with Crippen LogP contribution in [0.1, 0.15) is 0 Å². The number of fused-ring (bicyclic) bond motifs is 7. The third-order valence-electron chi connectivity index (χ3n) is 12.1. The van der Waals surface area contributed by atoms with E-state index < -0.39 is 0 Å². The Morgan fingerprint density at radius 1 is 0.279 bits per heavy atom. The van der Waals surface area contributed by atoms with Gasteiger partial charge in [-0.1, -0.05) is 194 Å². The van der Waals surface area contributed by atoms with Crippen molar-refractivity contribution in [3.05, 3.63) is 218 Å². The van der Waals surface area contributed by atoms with E-state index in [2.05, 4.69) is 200 Å². The first-order valence-corrected chi connectivity index (χ1v) is 21.5. The molecule has 0 aliphatic heterocycles. The van der Waals surface area contributed by atoms with Gasteiger partial charge in [0.05, 0.1) is 11.4 Å². The highest BCUT2D eigenvalue weighted by Crippen LogP contribution is 2.42. The van der Waals surface area contributed by atoms with Gasteiger partial charge in [0.15, 0.2) is 5.82 Å². The molecule has 10 aromatic carbocycles. The molecule has 0 saturated carbocycles. The minimum Gasteiger partial charge on any atom is -0.228 e. The predicted molar refractivity (Wildman–Crippen MR) is 260 cm³/mol. The molecule has 2 heterocycles. The maximum absolute atomic E-state index is 5.23. The zero-order valence-electron chi connectivity index (χ0n) is 33.1. The van der Waals surface area contributed by atoms with E-state index in [1.807, 2.05) is 29.5 Å². The molecule has 12 aromatic rings. The molecule has 284 valence electrons. The average molecular weight is 793 g/mol. The number of thiophene rings is 1. The van der Waals surface area contributed by atoms with Crippen LogP contribution in [0.5, 0.6) is 0 Å². The minimum atomic E-state index is 0.705. The van der Waals surface area contributed by atoms with Crippen LogP contribution in [0.2, 0.25) is 0 Å². The molecule has 0 atom stereocenters. The molecule has 0 aliphatic carbocycles. The maximum atomic E-state index is 5.23. The molecular weight excluding hydrogens is 757 g/mol. The van der Waals surface area contributed by atoms with Crippen molar-refractivity contribution in [1.29, 1.82) is 0 Å². The van der Waals surface area contributed by atoms with Crippen LogP contribution >= 0.6 is 11.3 Å². The molecule has 0 spiro atoms. The summed E-state index contributed by atoms with van der Waals surface area (Å²) in [7, 11) is 0. The topological polar surface area (TPSA) is 25.8 Å². The van der Waals surface area contributed by atoms with Crippen LogP contribution < -0.4 is 0 Å². The predicted octanol–water partition coefficient (Wildman–Crippen LogP) is 16.3. The van der Waals surface area contributed by atoms with Gasteiger partial charge in [-0.05, 0) is 90.0 Å². The van der Waals surface area contributed by atoms with Crippen LogP contribution in [-0.2, 0) is 0 Å². The number of hydrogen-bond donors (Lipinski definition) is 0. The average Bonchev–Trinajstić information content (AvgIpc) is 3.71. The van der Waals surface area contributed by atoms with Crippen molar-refractivity contribution in [2.24, 2.45) is 0 Å². The summed E-state index contributed by atoms with van der Waals surface area (Å²) in [5.74, 6) is 0.705. The van der Waals surface area contributed by atoms with E-state index in [1.54, 1.807) is 0 Å². The van der Waals surface area contributed by atoms with Crippen molar-refractivity contribution in [1.82, 2.24) is 9.97 Å². The van der Waals surface area contributed by atoms with E-state index in [4.69, 9.17) is 9.97 Å². The fraction of sp³-hybridized carbons (Fsp3) is 0. The van der Waals surface area contributed by atoms with Gasteiger partial charge in [0.1, 0.15) is 0 Å². The van der Waals surface area contributed by atoms with Crippen LogP contribution in [0, 0.1) is 0 Å². The van der Waals surface area contributed by atoms with E-state index in [-0.39, 0.29) is 0 Å². The zero-order chi connectivity index (χ0) is 40.3. The standard InChI is InChI=1S/C58H36N2S/c1-2-13-42(14-3-1)58-59-53(36-54(60-58)48-19-9-8-17-46(48)44-31-32-50-49-20-10-11-21-55(49)61-56(50)35-44)40-26-22-37(23-27-40)38-24-28-41(29-25-38)57-47-18-7-5-15-43(47)34-52-45-16-6-4-12-39(45)30-33-51(52)57/h1-36H. The minimum absolute atomic E-state index is 0.705. The number of aromatic nitrogens is 2. The Kier molecular flexibility index (Phi) is 8.39. The SMILES string of the molecule is c1ccc(-c2nc(-c3ccc(-c4ccc(-c5c6ccccc6cc6c5ccc5ccccc56)cc4)cc3)cc(-c3ccccc3-c3ccc4c(c3)sc3ccccc34)n2)cc1. The quantitative estimate of drug-likeness (QED) is 0.124. The number of benzene rings is 10. The lowest BCUT2D eigenvalue weighted by molar-refractivity contribution is 1.18. The lowest BCUT2D eigenvalue weighted by Gasteiger charge is -2.15. The molecule has 0 N–H and O–H groups in total. The second-order valence-corrected chi connectivity index (χ2v) is 16.8. The molecule has 2 nitrogen and oxygen atoms in total. The second kappa shape index (κ2) is 14.5. The summed E-state index contributed by atoms with van der Waals surface area (Å²) in [6.45, 7) is 0. The summed E-state index contributed by atoms with van der Waals surface area (Å²) in [6.07, 6.45) is 0. The Bertz CT molecular complexity index is 3620. The zero-order valence-corrected chi connectivity index (χ0v) is 33.9. The second-order valence-electron chi connectivity index (χ2n) is 15.7. The molecule has 12 rings (SSSR count). The van der Waals surface area contributed by atoms with E-state index in [0.717, 1.165) is 39.2 Å². The Hall–Kier alpha value is -7.72. The lowest BCUT2D eigenvalue weighted by Crippen LogP contribution is -1.97. The first kappa shape index (κ1) is 35.2. The monoisotopic (exact) mass is 792 g/mol. The molecule has 61 heavy (non-hydrogen) atoms. The van der Waals surface area contributed by atoms with E-state index >= 15 is 0 Å². The van der Waals surface area contributed by atoms with Gasteiger partial charge in [0.2, 0.25) is 0 Å². The van der Waals surface area contributed by atoms with Gasteiger partial charge in [-0.3, -0.25) is 0 Å². The van der Waals surface area contributed by atoms with Gasteiger partial charge in [0, 0.05) is 36.9 Å². The Morgan fingerprint density at radius 2 is 0.852 bits per heavy atom. The van der Waals surface area contributed by atoms with Crippen LogP contribution in [0.3, 0.4) is 0 Å². The van der Waals surface area contributed by atoms with Crippen molar-refractivity contribution in [3.8, 4) is 67.3 Å². The van der Waals surface area contributed by atoms with Gasteiger partial charge in [0.25, 0.3) is 0 Å². The molecule has 0 amide bonds. The normalized spacial score (nSPS) is 11.6. The van der Waals surface area contributed by atoms with E-state index in [1.165, 1.54) is 74.7 Å². The Morgan fingerprint density at radius 3 is 1.66 bits per heavy atom. The largest absolute Gasteiger partial charge is 0.228 e. The van der Waals surface area contributed by atoms with Crippen LogP contribution in [0.4, 0.5) is 0 Å². The summed E-state index contributed by atoms with van der Waals surface area (Å²) in [6, 6.07) is 78.7. The third-order valence-corrected chi connectivity index (χ3v) is 13.2. The van der Waals surface area contributed by atoms with Crippen LogP contribution in [0.15, 0.2) is 218 Å². The lowest BCUT2D eigenvalue weighted by atomic mass is 9.89. The fourth-order valence-electron chi connectivity index (χ4n) is 9.10. The Labute approximate surface area is 357 Å². The summed E-state index contributed by atoms with van der Waals surface area (Å²) >= 11 is 1.85. The number of hydrogen-bond acceptors (Lipinski definition) is 3. The molecule has 2 aromatic heterocycles. The van der Waals surface area contributed by atoms with Crippen LogP contribution in [-0.4, -0.2) is 9.97 Å². The summed E-state index contributed by atoms with van der Waals surface area (Å²) in [4.78, 5) is 10.4. The fourth-order valence-corrected chi connectivity index (χ4v) is 10.2. The first-order chi connectivity index (χ1) is 30.2. The van der Waals surface area contributed by atoms with Crippen LogP contribution in [0.25, 0.3) is 120 Å². The molecule has 0 radical (unpaired) electrons. The molecule has 0 aliphatic rings. The van der Waals surface area contributed by atoms with Crippen molar-refractivity contribution >= 4 is 63.8 Å². The number of nitrogens with zero attached hydrogens (tertiary/aromatic N) is 2. The highest BCUT2D eigenvalue weighted by Gasteiger charge is 2.17. The summed E-state index contributed by atoms with van der Waals surface area (Å²) < 4.78 is 2.59. The van der Waals surface area contributed by atoms with Gasteiger partial charge >= 0.3 is 0 Å². The van der Waals surface area contributed by atoms with E-state index in [0.29, 0.717) is 5.82 Å². The van der Waals surface area contributed by atoms with Crippen molar-refractivity contribution in [2.45, 2.75) is 0 Å². The highest BCUT2D eigenvalue weighted by atomic mass is 32.1. The summed E-state index contributed by atoms with van der Waals surface area (Å²) in [5.41, 5.74) is 12.0. The van der Waals surface area contributed by atoms with Crippen molar-refractivity contribution < 1.29 is 0 Å². The summed E-state index contributed by atoms with van der Waals surface area (Å²) in [5, 5.41) is 10.2. The molecule has 0 saturated heterocycles. The van der Waals surface area contributed by atoms with Crippen molar-refractivity contribution in [2.75, 3.05) is 0 Å². The van der Waals surface area contributed by atoms with Gasteiger partial charge < -0.3 is 0 Å².